The fourth-order valence-corrected chi connectivity index (χ4v) is 6.33. The highest BCUT2D eigenvalue weighted by atomic mass is 35.5. The molecule has 5 nitrogen and oxygen atoms in total. The summed E-state index contributed by atoms with van der Waals surface area (Å²) in [7, 11) is 0. The van der Waals surface area contributed by atoms with Crippen LogP contribution >= 0.6 is 23.2 Å². The highest BCUT2D eigenvalue weighted by molar-refractivity contribution is 6.36. The van der Waals surface area contributed by atoms with E-state index in [9.17, 15) is 14.4 Å². The summed E-state index contributed by atoms with van der Waals surface area (Å²) in [6.45, 7) is 8.29. The van der Waals surface area contributed by atoms with Gasteiger partial charge in [0, 0.05) is 22.7 Å². The number of nitrogens with zero attached hydrogens (tertiary/aromatic N) is 2. The summed E-state index contributed by atoms with van der Waals surface area (Å²) in [4.78, 5) is 15.7. The second-order valence-electron chi connectivity index (χ2n) is 11.5. The molecule has 1 aliphatic carbocycles. The molecule has 2 N–H and O–H groups in total. The van der Waals surface area contributed by atoms with Gasteiger partial charge in [-0.2, -0.15) is 5.26 Å². The Morgan fingerprint density at radius 2 is 1.78 bits per heavy atom. The van der Waals surface area contributed by atoms with Gasteiger partial charge in [0.25, 0.3) is 0 Å². The van der Waals surface area contributed by atoms with E-state index < -0.39 is 5.92 Å². The van der Waals surface area contributed by atoms with Crippen LogP contribution in [-0.2, 0) is 11.4 Å². The van der Waals surface area contributed by atoms with Gasteiger partial charge in [-0.15, -0.1) is 0 Å². The lowest BCUT2D eigenvalue weighted by molar-refractivity contribution is -0.118. The summed E-state index contributed by atoms with van der Waals surface area (Å²) >= 11 is 12.8. The summed E-state index contributed by atoms with van der Waals surface area (Å²) < 4.78 is 19.3. The van der Waals surface area contributed by atoms with Gasteiger partial charge in [-0.25, -0.2) is 4.39 Å². The van der Waals surface area contributed by atoms with Gasteiger partial charge in [0.2, 0.25) is 0 Å². The van der Waals surface area contributed by atoms with Crippen molar-refractivity contribution in [2.24, 2.45) is 11.1 Å². The lowest BCUT2D eigenvalue weighted by Gasteiger charge is -2.44. The smallest absolute Gasteiger partial charge is 0.162 e. The molecule has 2 aliphatic rings. The van der Waals surface area contributed by atoms with E-state index in [1.807, 2.05) is 39.8 Å². The van der Waals surface area contributed by atoms with Crippen molar-refractivity contribution in [2.75, 3.05) is 4.90 Å². The maximum absolute atomic E-state index is 13.9. The van der Waals surface area contributed by atoms with Gasteiger partial charge in [-0.3, -0.25) is 9.69 Å². The minimum Gasteiger partial charge on any atom is -0.489 e. The highest BCUT2D eigenvalue weighted by Crippen LogP contribution is 2.51. The number of carbonyl (C=O) groups is 1. The fraction of sp³-hybridized carbons (Fsp3) is 0.273. The summed E-state index contributed by atoms with van der Waals surface area (Å²) in [5, 5.41) is 11.3. The summed E-state index contributed by atoms with van der Waals surface area (Å²) in [6.07, 6.45) is 0.906. The standard InChI is InChI=1S/C33H30Cl2FN3O2/c1-18-11-19(2)24(12-20(18)17-41-23-8-6-22(36)7-9-23)30-25(16-37)32(38)39(27-10-5-21(34)13-26(27)35)28-14-33(3,4)15-29(40)31(28)30/h5-13,30H,14-15,17,38H2,1-4H3. The Kier molecular flexibility index (Phi) is 7.63. The van der Waals surface area contributed by atoms with Crippen LogP contribution in [0, 0.1) is 36.4 Å². The number of halogens is 3. The molecule has 0 bridgehead atoms. The SMILES string of the molecule is Cc1cc(C)c(C2C(C#N)=C(N)N(c3ccc(Cl)cc3Cl)C3=C2C(=O)CC(C)(C)C3)cc1COc1ccc(F)cc1. The summed E-state index contributed by atoms with van der Waals surface area (Å²) in [5.41, 5.74) is 12.2. The van der Waals surface area contributed by atoms with Gasteiger partial charge in [-0.1, -0.05) is 49.2 Å². The van der Waals surface area contributed by atoms with Gasteiger partial charge in [0.1, 0.15) is 24.0 Å². The largest absolute Gasteiger partial charge is 0.489 e. The molecule has 1 atom stereocenters. The predicted octanol–water partition coefficient (Wildman–Crippen LogP) is 8.27. The number of anilines is 1. The minimum absolute atomic E-state index is 0.0272. The zero-order valence-corrected chi connectivity index (χ0v) is 24.8. The van der Waals surface area contributed by atoms with E-state index >= 15 is 0 Å². The van der Waals surface area contributed by atoms with Crippen molar-refractivity contribution in [3.05, 3.63) is 115 Å². The molecule has 1 unspecified atom stereocenters. The first kappa shape index (κ1) is 28.7. The van der Waals surface area contributed by atoms with Crippen LogP contribution in [0.15, 0.2) is 77.3 Å². The van der Waals surface area contributed by atoms with Gasteiger partial charge >= 0.3 is 0 Å². The molecule has 1 aliphatic heterocycles. The van der Waals surface area contributed by atoms with E-state index in [1.165, 1.54) is 12.1 Å². The van der Waals surface area contributed by atoms with Crippen LogP contribution in [0.5, 0.6) is 5.75 Å². The molecular weight excluding hydrogens is 560 g/mol. The number of ketones is 1. The molecule has 3 aromatic rings. The van der Waals surface area contributed by atoms with Gasteiger partial charge in [0.05, 0.1) is 28.3 Å². The van der Waals surface area contributed by atoms with Crippen LogP contribution in [0.4, 0.5) is 10.1 Å². The number of hydrogen-bond donors (Lipinski definition) is 1. The molecule has 0 saturated carbocycles. The maximum atomic E-state index is 13.9. The zero-order valence-electron chi connectivity index (χ0n) is 23.3. The molecule has 0 amide bonds. The summed E-state index contributed by atoms with van der Waals surface area (Å²) in [6, 6.07) is 17.3. The van der Waals surface area contributed by atoms with Gasteiger partial charge in [0.15, 0.2) is 5.78 Å². The van der Waals surface area contributed by atoms with E-state index in [1.54, 1.807) is 35.2 Å². The Balaban J connectivity index is 1.67. The number of carbonyl (C=O) groups excluding carboxylic acids is 1. The molecule has 41 heavy (non-hydrogen) atoms. The van der Waals surface area contributed by atoms with E-state index in [0.29, 0.717) is 39.9 Å². The molecule has 0 saturated heterocycles. The first-order valence-corrected chi connectivity index (χ1v) is 14.1. The van der Waals surface area contributed by atoms with E-state index in [4.69, 9.17) is 33.7 Å². The average molecular weight is 591 g/mol. The third-order valence-corrected chi connectivity index (χ3v) is 8.31. The van der Waals surface area contributed by atoms with Crippen LogP contribution < -0.4 is 15.4 Å². The third kappa shape index (κ3) is 5.45. The Morgan fingerprint density at radius 3 is 2.44 bits per heavy atom. The number of aryl methyl sites for hydroxylation is 2. The van der Waals surface area contributed by atoms with E-state index in [0.717, 1.165) is 28.0 Å². The van der Waals surface area contributed by atoms with Crippen LogP contribution in [0.3, 0.4) is 0 Å². The molecule has 0 spiro atoms. The van der Waals surface area contributed by atoms with Crippen molar-refractivity contribution in [1.29, 1.82) is 5.26 Å². The van der Waals surface area contributed by atoms with Gasteiger partial charge in [-0.05, 0) is 90.4 Å². The molecule has 5 rings (SSSR count). The predicted molar refractivity (Wildman–Crippen MR) is 160 cm³/mol. The molecule has 1 heterocycles. The summed E-state index contributed by atoms with van der Waals surface area (Å²) in [5.74, 6) is -0.241. The van der Waals surface area contributed by atoms with Crippen LogP contribution in [-0.4, -0.2) is 5.78 Å². The van der Waals surface area contributed by atoms with Crippen molar-refractivity contribution in [2.45, 2.75) is 53.1 Å². The average Bonchev–Trinajstić information content (AvgIpc) is 2.89. The number of Topliss-reactive ketones (excluding diaryl/α,β-unsaturated/α-hetero) is 1. The minimum atomic E-state index is -0.647. The monoisotopic (exact) mass is 589 g/mol. The number of rotatable bonds is 5. The number of ether oxygens (including phenoxy) is 1. The number of nitriles is 1. The van der Waals surface area contributed by atoms with Crippen molar-refractivity contribution >= 4 is 34.7 Å². The maximum Gasteiger partial charge on any atom is 0.162 e. The van der Waals surface area contributed by atoms with Gasteiger partial charge < -0.3 is 10.5 Å². The van der Waals surface area contributed by atoms with Crippen molar-refractivity contribution in [3.8, 4) is 11.8 Å². The number of hydrogen-bond acceptors (Lipinski definition) is 5. The van der Waals surface area contributed by atoms with E-state index in [-0.39, 0.29) is 35.0 Å². The lowest BCUT2D eigenvalue weighted by atomic mass is 9.68. The van der Waals surface area contributed by atoms with Crippen LogP contribution in [0.1, 0.15) is 54.9 Å². The molecule has 0 aromatic heterocycles. The first-order chi connectivity index (χ1) is 19.4. The molecule has 0 radical (unpaired) electrons. The third-order valence-electron chi connectivity index (χ3n) is 7.78. The Morgan fingerprint density at radius 1 is 1.07 bits per heavy atom. The Hall–Kier alpha value is -3.79. The molecule has 210 valence electrons. The van der Waals surface area contributed by atoms with Crippen LogP contribution in [0.25, 0.3) is 0 Å². The second-order valence-corrected chi connectivity index (χ2v) is 12.3. The molecule has 8 heteroatoms. The Bertz CT molecular complexity index is 1670. The van der Waals surface area contributed by atoms with Crippen molar-refractivity contribution in [3.63, 3.8) is 0 Å². The van der Waals surface area contributed by atoms with Crippen molar-refractivity contribution < 1.29 is 13.9 Å². The molecule has 3 aromatic carbocycles. The van der Waals surface area contributed by atoms with Crippen LogP contribution in [0.2, 0.25) is 10.0 Å². The fourth-order valence-electron chi connectivity index (χ4n) is 5.83. The zero-order chi connectivity index (χ0) is 29.6. The lowest BCUT2D eigenvalue weighted by Crippen LogP contribution is -2.42. The first-order valence-electron chi connectivity index (χ1n) is 13.3. The number of allylic oxidation sites excluding steroid dienone is 3. The van der Waals surface area contributed by atoms with Crippen molar-refractivity contribution in [1.82, 2.24) is 0 Å². The number of nitrogens with two attached hydrogens (primary N) is 1. The molecular formula is C33H30Cl2FN3O2. The Labute approximate surface area is 249 Å². The number of benzene rings is 3. The molecule has 0 fully saturated rings. The quantitative estimate of drug-likeness (QED) is 0.324. The highest BCUT2D eigenvalue weighted by Gasteiger charge is 2.45. The topological polar surface area (TPSA) is 79.4 Å². The van der Waals surface area contributed by atoms with E-state index in [2.05, 4.69) is 6.07 Å². The normalized spacial score (nSPS) is 18.3. The second kappa shape index (κ2) is 10.9.